The van der Waals surface area contributed by atoms with E-state index in [-0.39, 0.29) is 18.1 Å². The molecule has 1 fully saturated rings. The molecule has 1 saturated carbocycles. The van der Waals surface area contributed by atoms with Crippen LogP contribution >= 0.6 is 0 Å². The Bertz CT molecular complexity index is 472. The van der Waals surface area contributed by atoms with Crippen LogP contribution in [0, 0.1) is 5.41 Å². The van der Waals surface area contributed by atoms with Gasteiger partial charge in [0.2, 0.25) is 0 Å². The second-order valence-corrected chi connectivity index (χ2v) is 5.70. The maximum Gasteiger partial charge on any atom is 0.319 e. The number of aliphatic hydroxyl groups excluding tert-OH is 1. The first-order valence-corrected chi connectivity index (χ1v) is 7.56. The predicted molar refractivity (Wildman–Crippen MR) is 82.6 cm³/mol. The lowest BCUT2D eigenvalue weighted by Gasteiger charge is -2.14. The Kier molecular flexibility index (Phi) is 5.44. The lowest BCUT2D eigenvalue weighted by Crippen LogP contribution is -2.35. The Balaban J connectivity index is 1.78. The van der Waals surface area contributed by atoms with E-state index in [9.17, 15) is 9.90 Å². The topological polar surface area (TPSA) is 70.6 Å². The number of ether oxygens (including phenoxy) is 1. The first-order chi connectivity index (χ1) is 10.2. The van der Waals surface area contributed by atoms with E-state index in [1.165, 1.54) is 0 Å². The van der Waals surface area contributed by atoms with Crippen LogP contribution in [-0.2, 0) is 0 Å². The van der Waals surface area contributed by atoms with Crippen molar-refractivity contribution in [2.75, 3.05) is 25.1 Å². The molecule has 2 rings (SSSR count). The van der Waals surface area contributed by atoms with E-state index in [4.69, 9.17) is 4.74 Å². The molecule has 1 aliphatic rings. The van der Waals surface area contributed by atoms with Crippen molar-refractivity contribution in [1.82, 2.24) is 5.32 Å². The van der Waals surface area contributed by atoms with Crippen LogP contribution in [0.2, 0.25) is 0 Å². The highest BCUT2D eigenvalue weighted by Crippen LogP contribution is 2.44. The quantitative estimate of drug-likeness (QED) is 0.645. The highest BCUT2D eigenvalue weighted by Gasteiger charge is 2.42. The second-order valence-electron chi connectivity index (χ2n) is 5.70. The minimum atomic E-state index is -0.250. The van der Waals surface area contributed by atoms with E-state index in [1.807, 2.05) is 24.3 Å². The number of carbonyl (C=O) groups is 1. The summed E-state index contributed by atoms with van der Waals surface area (Å²) in [6.07, 6.45) is 4.06. The van der Waals surface area contributed by atoms with E-state index in [1.54, 1.807) is 0 Å². The van der Waals surface area contributed by atoms with Gasteiger partial charge in [-0.05, 0) is 31.4 Å². The Morgan fingerprint density at radius 1 is 1.43 bits per heavy atom. The van der Waals surface area contributed by atoms with E-state index < -0.39 is 0 Å². The lowest BCUT2D eigenvalue weighted by molar-refractivity contribution is 0.206. The summed E-state index contributed by atoms with van der Waals surface area (Å²) < 4.78 is 5.61. The summed E-state index contributed by atoms with van der Waals surface area (Å²) in [7, 11) is 0. The van der Waals surface area contributed by atoms with Crippen LogP contribution < -0.4 is 15.4 Å². The molecule has 0 aliphatic heterocycles. The van der Waals surface area contributed by atoms with Gasteiger partial charge in [-0.1, -0.05) is 19.4 Å². The molecule has 0 radical (unpaired) electrons. The zero-order valence-corrected chi connectivity index (χ0v) is 12.5. The Labute approximate surface area is 125 Å². The molecule has 0 unspecified atom stereocenters. The summed E-state index contributed by atoms with van der Waals surface area (Å²) in [6.45, 7) is 3.45. The molecule has 5 heteroatoms. The van der Waals surface area contributed by atoms with Gasteiger partial charge < -0.3 is 20.5 Å². The van der Waals surface area contributed by atoms with Gasteiger partial charge >= 0.3 is 6.03 Å². The number of hydrogen-bond acceptors (Lipinski definition) is 3. The van der Waals surface area contributed by atoms with Crippen molar-refractivity contribution >= 4 is 11.7 Å². The lowest BCUT2D eigenvalue weighted by atomic mass is 10.1. The van der Waals surface area contributed by atoms with Crippen molar-refractivity contribution in [3.8, 4) is 5.75 Å². The van der Waals surface area contributed by atoms with Gasteiger partial charge in [0.05, 0.1) is 13.2 Å². The molecule has 116 valence electrons. The molecule has 2 amide bonds. The average Bonchev–Trinajstić information content (AvgIpc) is 3.27. The van der Waals surface area contributed by atoms with Crippen molar-refractivity contribution in [2.45, 2.75) is 32.6 Å². The third kappa shape index (κ3) is 4.93. The molecule has 1 aromatic rings. The van der Waals surface area contributed by atoms with E-state index >= 15 is 0 Å². The van der Waals surface area contributed by atoms with Crippen LogP contribution in [0.1, 0.15) is 32.6 Å². The number of rotatable bonds is 8. The number of nitrogens with one attached hydrogen (secondary N) is 2. The fraction of sp³-hybridized carbons (Fsp3) is 0.562. The van der Waals surface area contributed by atoms with E-state index in [2.05, 4.69) is 17.6 Å². The number of urea groups is 1. The summed E-state index contributed by atoms with van der Waals surface area (Å²) in [5, 5.41) is 14.8. The normalized spacial score (nSPS) is 15.3. The molecule has 0 spiro atoms. The van der Waals surface area contributed by atoms with Gasteiger partial charge in [-0.15, -0.1) is 0 Å². The Morgan fingerprint density at radius 3 is 2.90 bits per heavy atom. The van der Waals surface area contributed by atoms with Gasteiger partial charge in [-0.25, -0.2) is 4.79 Å². The molecular formula is C16H24N2O3. The maximum atomic E-state index is 11.8. The summed E-state index contributed by atoms with van der Waals surface area (Å²) in [6, 6.07) is 7.12. The highest BCUT2D eigenvalue weighted by atomic mass is 16.5. The molecule has 0 bridgehead atoms. The fourth-order valence-corrected chi connectivity index (χ4v) is 2.01. The standard InChI is InChI=1S/C16H24N2O3/c1-2-3-9-21-14-6-4-5-13(10-14)18-15(20)17-11-16(12-19)7-8-16/h4-6,10,19H,2-3,7-9,11-12H2,1H3,(H2,17,18,20). The molecule has 0 saturated heterocycles. The molecule has 21 heavy (non-hydrogen) atoms. The summed E-state index contributed by atoms with van der Waals surface area (Å²) >= 11 is 0. The van der Waals surface area contributed by atoms with Gasteiger partial charge in [-0.3, -0.25) is 0 Å². The van der Waals surface area contributed by atoms with Gasteiger partial charge in [0.15, 0.2) is 0 Å². The number of anilines is 1. The van der Waals surface area contributed by atoms with Crippen molar-refractivity contribution in [2.24, 2.45) is 5.41 Å². The molecule has 0 heterocycles. The SMILES string of the molecule is CCCCOc1cccc(NC(=O)NCC2(CO)CC2)c1. The van der Waals surface area contributed by atoms with Gasteiger partial charge in [0.25, 0.3) is 0 Å². The van der Waals surface area contributed by atoms with E-state index in [0.29, 0.717) is 18.8 Å². The molecule has 0 aromatic heterocycles. The second kappa shape index (κ2) is 7.31. The van der Waals surface area contributed by atoms with Crippen molar-refractivity contribution < 1.29 is 14.6 Å². The number of unbranched alkanes of at least 4 members (excludes halogenated alkanes) is 1. The molecule has 1 aliphatic carbocycles. The van der Waals surface area contributed by atoms with Crippen LogP contribution in [0.5, 0.6) is 5.75 Å². The molecule has 0 atom stereocenters. The number of aliphatic hydroxyl groups is 1. The first kappa shape index (κ1) is 15.6. The molecule has 1 aromatic carbocycles. The number of hydrogen-bond donors (Lipinski definition) is 3. The zero-order chi connectivity index (χ0) is 15.1. The minimum absolute atomic E-state index is 0.0809. The molecular weight excluding hydrogens is 268 g/mol. The highest BCUT2D eigenvalue weighted by molar-refractivity contribution is 5.89. The van der Waals surface area contributed by atoms with Gasteiger partial charge in [0, 0.05) is 23.7 Å². The van der Waals surface area contributed by atoms with Gasteiger partial charge in [-0.2, -0.15) is 0 Å². The predicted octanol–water partition coefficient (Wildman–Crippen LogP) is 2.76. The average molecular weight is 292 g/mol. The number of amides is 2. The number of carbonyl (C=O) groups excluding carboxylic acids is 1. The molecule has 3 N–H and O–H groups in total. The fourth-order valence-electron chi connectivity index (χ4n) is 2.01. The third-order valence-electron chi connectivity index (χ3n) is 3.77. The summed E-state index contributed by atoms with van der Waals surface area (Å²) in [5.74, 6) is 0.760. The number of benzene rings is 1. The van der Waals surface area contributed by atoms with Crippen molar-refractivity contribution in [3.63, 3.8) is 0 Å². The Hall–Kier alpha value is -1.75. The molecule has 5 nitrogen and oxygen atoms in total. The minimum Gasteiger partial charge on any atom is -0.494 e. The summed E-state index contributed by atoms with van der Waals surface area (Å²) in [5.41, 5.74) is 0.623. The van der Waals surface area contributed by atoms with Crippen molar-refractivity contribution in [1.29, 1.82) is 0 Å². The van der Waals surface area contributed by atoms with Crippen LogP contribution in [0.25, 0.3) is 0 Å². The smallest absolute Gasteiger partial charge is 0.319 e. The Morgan fingerprint density at radius 2 is 2.24 bits per heavy atom. The van der Waals surface area contributed by atoms with Crippen LogP contribution in [-0.4, -0.2) is 30.9 Å². The summed E-state index contributed by atoms with van der Waals surface area (Å²) in [4.78, 5) is 11.8. The third-order valence-corrected chi connectivity index (χ3v) is 3.77. The van der Waals surface area contributed by atoms with Crippen LogP contribution in [0.15, 0.2) is 24.3 Å². The van der Waals surface area contributed by atoms with Crippen LogP contribution in [0.4, 0.5) is 10.5 Å². The zero-order valence-electron chi connectivity index (χ0n) is 12.5. The van der Waals surface area contributed by atoms with Crippen LogP contribution in [0.3, 0.4) is 0 Å². The first-order valence-electron chi connectivity index (χ1n) is 7.56. The van der Waals surface area contributed by atoms with E-state index in [0.717, 1.165) is 31.4 Å². The van der Waals surface area contributed by atoms with Crippen molar-refractivity contribution in [3.05, 3.63) is 24.3 Å². The largest absolute Gasteiger partial charge is 0.494 e. The van der Waals surface area contributed by atoms with Gasteiger partial charge in [0.1, 0.15) is 5.75 Å². The monoisotopic (exact) mass is 292 g/mol. The maximum absolute atomic E-state index is 11.8.